The molecule has 98 valence electrons. The maximum Gasteiger partial charge on any atom is 0.262 e. The van der Waals surface area contributed by atoms with Gasteiger partial charge in [-0.15, -0.1) is 0 Å². The van der Waals surface area contributed by atoms with Gasteiger partial charge in [0.25, 0.3) is 5.91 Å². The number of nitrogens with two attached hydrogens (primary N) is 1. The standard InChI is InChI=1S/C13H20N4O/c1-2-3-4-5-8-17-13(18)10-16-9-11(14)6-7-12(16)15-17/h6-7,9H,2-5,8,10,14H2,1H3. The van der Waals surface area contributed by atoms with Gasteiger partial charge in [-0.2, -0.15) is 5.10 Å². The fourth-order valence-electron chi connectivity index (χ4n) is 2.04. The van der Waals surface area contributed by atoms with Crippen LogP contribution in [0.2, 0.25) is 0 Å². The monoisotopic (exact) mass is 248 g/mol. The maximum absolute atomic E-state index is 11.9. The molecular formula is C13H20N4O. The summed E-state index contributed by atoms with van der Waals surface area (Å²) in [5.41, 5.74) is 6.34. The summed E-state index contributed by atoms with van der Waals surface area (Å²) < 4.78 is 0. The van der Waals surface area contributed by atoms with E-state index < -0.39 is 0 Å². The lowest BCUT2D eigenvalue weighted by molar-refractivity contribution is -0.132. The molecule has 0 aromatic rings. The largest absolute Gasteiger partial charge is 0.398 e. The second-order valence-electron chi connectivity index (χ2n) is 4.63. The first-order chi connectivity index (χ1) is 8.70. The van der Waals surface area contributed by atoms with Crippen LogP contribution in [0.25, 0.3) is 0 Å². The van der Waals surface area contributed by atoms with Gasteiger partial charge in [0.1, 0.15) is 6.54 Å². The molecule has 18 heavy (non-hydrogen) atoms. The fourth-order valence-corrected chi connectivity index (χ4v) is 2.04. The van der Waals surface area contributed by atoms with E-state index in [2.05, 4.69) is 12.0 Å². The molecule has 5 nitrogen and oxygen atoms in total. The molecule has 0 aliphatic carbocycles. The summed E-state index contributed by atoms with van der Waals surface area (Å²) in [6, 6.07) is 0. The number of nitrogens with zero attached hydrogens (tertiary/aromatic N) is 3. The fraction of sp³-hybridized carbons (Fsp3) is 0.538. The lowest BCUT2D eigenvalue weighted by Gasteiger charge is -2.31. The second-order valence-corrected chi connectivity index (χ2v) is 4.63. The highest BCUT2D eigenvalue weighted by atomic mass is 16.2. The summed E-state index contributed by atoms with van der Waals surface area (Å²) in [5, 5.41) is 5.94. The maximum atomic E-state index is 11.9. The Labute approximate surface area is 108 Å². The van der Waals surface area contributed by atoms with Crippen molar-refractivity contribution < 1.29 is 4.79 Å². The van der Waals surface area contributed by atoms with Crippen LogP contribution in [0.1, 0.15) is 32.6 Å². The molecular weight excluding hydrogens is 228 g/mol. The Morgan fingerprint density at radius 3 is 2.94 bits per heavy atom. The minimum atomic E-state index is 0.0367. The quantitative estimate of drug-likeness (QED) is 0.748. The molecule has 0 saturated carbocycles. The van der Waals surface area contributed by atoms with E-state index in [9.17, 15) is 4.79 Å². The van der Waals surface area contributed by atoms with Crippen molar-refractivity contribution in [3.8, 4) is 0 Å². The topological polar surface area (TPSA) is 61.9 Å². The van der Waals surface area contributed by atoms with E-state index in [0.717, 1.165) is 18.7 Å². The van der Waals surface area contributed by atoms with Crippen molar-refractivity contribution in [2.45, 2.75) is 32.6 Å². The number of amidine groups is 1. The molecule has 0 saturated heterocycles. The van der Waals surface area contributed by atoms with Crippen molar-refractivity contribution in [1.82, 2.24) is 9.91 Å². The van der Waals surface area contributed by atoms with E-state index in [1.807, 2.05) is 6.08 Å². The van der Waals surface area contributed by atoms with Crippen molar-refractivity contribution in [3.63, 3.8) is 0 Å². The van der Waals surface area contributed by atoms with Gasteiger partial charge >= 0.3 is 0 Å². The minimum absolute atomic E-state index is 0.0367. The summed E-state index contributed by atoms with van der Waals surface area (Å²) in [4.78, 5) is 13.7. The molecule has 0 spiro atoms. The molecule has 0 aromatic carbocycles. The lowest BCUT2D eigenvalue weighted by Crippen LogP contribution is -2.45. The molecule has 0 radical (unpaired) electrons. The van der Waals surface area contributed by atoms with Crippen molar-refractivity contribution >= 4 is 11.7 Å². The molecule has 0 aromatic heterocycles. The van der Waals surface area contributed by atoms with Gasteiger partial charge < -0.3 is 10.6 Å². The summed E-state index contributed by atoms with van der Waals surface area (Å²) in [6.45, 7) is 3.22. The highest BCUT2D eigenvalue weighted by Gasteiger charge is 2.25. The third kappa shape index (κ3) is 2.91. The van der Waals surface area contributed by atoms with Gasteiger partial charge in [0.15, 0.2) is 5.84 Å². The Morgan fingerprint density at radius 1 is 1.33 bits per heavy atom. The summed E-state index contributed by atoms with van der Waals surface area (Å²) in [5.74, 6) is 0.828. The molecule has 0 atom stereocenters. The number of hydrazone groups is 1. The number of carbonyl (C=O) groups excluding carboxylic acids is 1. The first kappa shape index (κ1) is 12.7. The van der Waals surface area contributed by atoms with E-state index in [1.165, 1.54) is 12.8 Å². The third-order valence-electron chi connectivity index (χ3n) is 3.06. The average Bonchev–Trinajstić information content (AvgIpc) is 2.35. The second kappa shape index (κ2) is 5.71. The van der Waals surface area contributed by atoms with E-state index in [0.29, 0.717) is 18.8 Å². The van der Waals surface area contributed by atoms with Crippen LogP contribution >= 0.6 is 0 Å². The van der Waals surface area contributed by atoms with Gasteiger partial charge in [0, 0.05) is 18.4 Å². The molecule has 2 aliphatic rings. The van der Waals surface area contributed by atoms with Crippen molar-refractivity contribution in [2.75, 3.05) is 13.1 Å². The van der Waals surface area contributed by atoms with Gasteiger partial charge in [0.05, 0.1) is 0 Å². The van der Waals surface area contributed by atoms with Crippen LogP contribution in [0.5, 0.6) is 0 Å². The van der Waals surface area contributed by atoms with Gasteiger partial charge in [-0.1, -0.05) is 26.2 Å². The van der Waals surface area contributed by atoms with Crippen LogP contribution in [-0.4, -0.2) is 34.7 Å². The van der Waals surface area contributed by atoms with Gasteiger partial charge in [-0.05, 0) is 18.6 Å². The average molecular weight is 248 g/mol. The van der Waals surface area contributed by atoms with E-state index in [1.54, 1.807) is 22.2 Å². The Hall–Kier alpha value is -1.78. The number of allylic oxidation sites excluding steroid dienone is 1. The zero-order valence-electron chi connectivity index (χ0n) is 10.8. The molecule has 2 N–H and O–H groups in total. The normalized spacial score (nSPS) is 18.6. The lowest BCUT2D eigenvalue weighted by atomic mass is 10.2. The number of rotatable bonds is 5. The highest BCUT2D eigenvalue weighted by Crippen LogP contribution is 2.13. The molecule has 2 rings (SSSR count). The zero-order chi connectivity index (χ0) is 13.0. The zero-order valence-corrected chi connectivity index (χ0v) is 10.8. The van der Waals surface area contributed by atoms with Gasteiger partial charge in [-0.3, -0.25) is 4.79 Å². The Balaban J connectivity index is 1.96. The van der Waals surface area contributed by atoms with Crippen LogP contribution in [0, 0.1) is 0 Å². The van der Waals surface area contributed by atoms with Crippen LogP contribution in [0.4, 0.5) is 0 Å². The molecule has 0 fully saturated rings. The van der Waals surface area contributed by atoms with Crippen LogP contribution in [0.3, 0.4) is 0 Å². The summed E-state index contributed by atoms with van der Waals surface area (Å²) in [7, 11) is 0. The Kier molecular flexibility index (Phi) is 4.02. The first-order valence-electron chi connectivity index (χ1n) is 6.51. The van der Waals surface area contributed by atoms with Crippen LogP contribution in [0.15, 0.2) is 29.2 Å². The minimum Gasteiger partial charge on any atom is -0.398 e. The SMILES string of the molecule is CCCCCCN1N=C2C=CC(N)=CN2CC1=O. The van der Waals surface area contributed by atoms with Crippen molar-refractivity contribution in [2.24, 2.45) is 10.8 Å². The number of hydrogen-bond acceptors (Lipinski definition) is 4. The molecule has 2 heterocycles. The molecule has 1 amide bonds. The predicted octanol–water partition coefficient (Wildman–Crippen LogP) is 1.39. The summed E-state index contributed by atoms with van der Waals surface area (Å²) in [6.07, 6.45) is 9.98. The predicted molar refractivity (Wildman–Crippen MR) is 71.4 cm³/mol. The number of fused-ring (bicyclic) bond motifs is 1. The number of unbranched alkanes of at least 4 members (excludes halogenated alkanes) is 3. The number of hydrogen-bond donors (Lipinski definition) is 1. The number of carbonyl (C=O) groups is 1. The molecule has 0 unspecified atom stereocenters. The van der Waals surface area contributed by atoms with E-state index in [-0.39, 0.29) is 5.91 Å². The van der Waals surface area contributed by atoms with E-state index in [4.69, 9.17) is 5.73 Å². The molecule has 5 heteroatoms. The smallest absolute Gasteiger partial charge is 0.262 e. The molecule has 0 bridgehead atoms. The van der Waals surface area contributed by atoms with E-state index >= 15 is 0 Å². The Morgan fingerprint density at radius 2 is 2.17 bits per heavy atom. The Bertz CT molecular complexity index is 411. The van der Waals surface area contributed by atoms with Gasteiger partial charge in [-0.25, -0.2) is 5.01 Å². The van der Waals surface area contributed by atoms with Crippen LogP contribution < -0.4 is 5.73 Å². The van der Waals surface area contributed by atoms with Crippen molar-refractivity contribution in [3.05, 3.63) is 24.0 Å². The van der Waals surface area contributed by atoms with Crippen LogP contribution in [-0.2, 0) is 4.79 Å². The number of amides is 1. The highest BCUT2D eigenvalue weighted by molar-refractivity contribution is 6.00. The summed E-state index contributed by atoms with van der Waals surface area (Å²) >= 11 is 0. The first-order valence-corrected chi connectivity index (χ1v) is 6.51. The van der Waals surface area contributed by atoms with Gasteiger partial charge in [0.2, 0.25) is 0 Å². The van der Waals surface area contributed by atoms with Crippen molar-refractivity contribution in [1.29, 1.82) is 0 Å². The molecule has 2 aliphatic heterocycles. The third-order valence-corrected chi connectivity index (χ3v) is 3.06.